The fourth-order valence-corrected chi connectivity index (χ4v) is 3.37. The molecule has 1 aliphatic rings. The molecule has 0 aromatic heterocycles. The number of nitrogens with one attached hydrogen (secondary N) is 1. The number of hydrogen-bond donors (Lipinski definition) is 1. The first-order valence-electron chi connectivity index (χ1n) is 6.50. The molecule has 1 saturated heterocycles. The van der Waals surface area contributed by atoms with Gasteiger partial charge in [-0.1, -0.05) is 33.6 Å². The highest BCUT2D eigenvalue weighted by Crippen LogP contribution is 2.24. The number of nitrogens with zero attached hydrogens (tertiary/aromatic N) is 1. The normalized spacial score (nSPS) is 21.2. The smallest absolute Gasteiger partial charge is 0.0462 e. The molecule has 0 bridgehead atoms. The van der Waals surface area contributed by atoms with E-state index in [4.69, 9.17) is 11.6 Å². The summed E-state index contributed by atoms with van der Waals surface area (Å²) in [7, 11) is 2.03. The third-order valence-electron chi connectivity index (χ3n) is 3.50. The molecule has 1 heterocycles. The fourth-order valence-electron chi connectivity index (χ4n) is 2.64. The Hall–Kier alpha value is -0.0900. The first-order valence-corrected chi connectivity index (χ1v) is 7.67. The maximum absolute atomic E-state index is 6.28. The lowest BCUT2D eigenvalue weighted by Crippen LogP contribution is -2.38. The maximum atomic E-state index is 6.28. The molecule has 1 atom stereocenters. The van der Waals surface area contributed by atoms with Crippen LogP contribution in [0.3, 0.4) is 0 Å². The predicted octanol–water partition coefficient (Wildman–Crippen LogP) is 3.53. The summed E-state index contributed by atoms with van der Waals surface area (Å²) in [6.07, 6.45) is 2.63. The van der Waals surface area contributed by atoms with Gasteiger partial charge in [-0.25, -0.2) is 0 Å². The summed E-state index contributed by atoms with van der Waals surface area (Å²) in [5, 5.41) is 4.14. The molecule has 4 heteroatoms. The van der Waals surface area contributed by atoms with Crippen LogP contribution in [0.25, 0.3) is 0 Å². The molecule has 100 valence electrons. The third-order valence-corrected chi connectivity index (χ3v) is 4.35. The average Bonchev–Trinajstić information content (AvgIpc) is 2.34. The molecular weight excluding hydrogens is 312 g/mol. The lowest BCUT2D eigenvalue weighted by atomic mass is 9.97. The Bertz CT molecular complexity index is 395. The summed E-state index contributed by atoms with van der Waals surface area (Å²) >= 11 is 9.72. The molecule has 1 fully saturated rings. The summed E-state index contributed by atoms with van der Waals surface area (Å²) in [6, 6.07) is 6.16. The molecule has 1 aromatic rings. The Morgan fingerprint density at radius 3 is 3.06 bits per heavy atom. The highest BCUT2D eigenvalue weighted by molar-refractivity contribution is 9.10. The minimum atomic E-state index is 0.776. The van der Waals surface area contributed by atoms with Crippen molar-refractivity contribution in [3.8, 4) is 0 Å². The van der Waals surface area contributed by atoms with E-state index in [-0.39, 0.29) is 0 Å². The Labute approximate surface area is 123 Å². The molecule has 0 saturated carbocycles. The SMILES string of the molecule is CNCC1CCCN(Cc2ccc(Br)cc2Cl)C1. The zero-order valence-electron chi connectivity index (χ0n) is 10.8. The second-order valence-corrected chi connectivity index (χ2v) is 6.36. The van der Waals surface area contributed by atoms with Gasteiger partial charge < -0.3 is 5.32 Å². The summed E-state index contributed by atoms with van der Waals surface area (Å²) in [6.45, 7) is 4.44. The van der Waals surface area contributed by atoms with Gasteiger partial charge in [-0.05, 0) is 56.6 Å². The standard InChI is InChI=1S/C14H20BrClN2/c1-17-8-11-3-2-6-18(9-11)10-12-4-5-13(15)7-14(12)16/h4-5,7,11,17H,2-3,6,8-10H2,1H3. The van der Waals surface area contributed by atoms with Crippen molar-refractivity contribution in [1.82, 2.24) is 10.2 Å². The van der Waals surface area contributed by atoms with Gasteiger partial charge in [0.2, 0.25) is 0 Å². The molecule has 18 heavy (non-hydrogen) atoms. The zero-order chi connectivity index (χ0) is 13.0. The van der Waals surface area contributed by atoms with Crippen LogP contribution in [-0.4, -0.2) is 31.6 Å². The number of halogens is 2. The van der Waals surface area contributed by atoms with Gasteiger partial charge in [0, 0.05) is 22.6 Å². The molecule has 1 N–H and O–H groups in total. The van der Waals surface area contributed by atoms with Crippen LogP contribution in [0.1, 0.15) is 18.4 Å². The van der Waals surface area contributed by atoms with Crippen LogP contribution < -0.4 is 5.32 Å². The predicted molar refractivity (Wildman–Crippen MR) is 81.1 cm³/mol. The summed E-state index contributed by atoms with van der Waals surface area (Å²) < 4.78 is 1.04. The van der Waals surface area contributed by atoms with E-state index in [2.05, 4.69) is 38.3 Å². The summed E-state index contributed by atoms with van der Waals surface area (Å²) in [5.41, 5.74) is 1.23. The third kappa shape index (κ3) is 3.95. The molecule has 1 aromatic carbocycles. The van der Waals surface area contributed by atoms with E-state index in [0.717, 1.165) is 28.5 Å². The number of likely N-dealkylation sites (tertiary alicyclic amines) is 1. The van der Waals surface area contributed by atoms with Crippen LogP contribution in [0.5, 0.6) is 0 Å². The van der Waals surface area contributed by atoms with Crippen molar-refractivity contribution in [1.29, 1.82) is 0 Å². The first kappa shape index (κ1) is 14.3. The Morgan fingerprint density at radius 2 is 2.33 bits per heavy atom. The molecule has 0 spiro atoms. The monoisotopic (exact) mass is 330 g/mol. The Morgan fingerprint density at radius 1 is 1.50 bits per heavy atom. The van der Waals surface area contributed by atoms with Crippen LogP contribution in [0.2, 0.25) is 5.02 Å². The zero-order valence-corrected chi connectivity index (χ0v) is 13.1. The van der Waals surface area contributed by atoms with Gasteiger partial charge in [0.1, 0.15) is 0 Å². The number of benzene rings is 1. The fraction of sp³-hybridized carbons (Fsp3) is 0.571. The molecule has 2 nitrogen and oxygen atoms in total. The van der Waals surface area contributed by atoms with Gasteiger partial charge in [-0.2, -0.15) is 0 Å². The maximum Gasteiger partial charge on any atom is 0.0462 e. The molecular formula is C14H20BrClN2. The van der Waals surface area contributed by atoms with Gasteiger partial charge in [-0.3, -0.25) is 4.90 Å². The van der Waals surface area contributed by atoms with Gasteiger partial charge >= 0.3 is 0 Å². The molecule has 0 aliphatic carbocycles. The van der Waals surface area contributed by atoms with Crippen molar-refractivity contribution in [2.24, 2.45) is 5.92 Å². The van der Waals surface area contributed by atoms with Crippen molar-refractivity contribution >= 4 is 27.5 Å². The molecule has 1 unspecified atom stereocenters. The van der Waals surface area contributed by atoms with Gasteiger partial charge in [0.15, 0.2) is 0 Å². The highest BCUT2D eigenvalue weighted by Gasteiger charge is 2.19. The van der Waals surface area contributed by atoms with Gasteiger partial charge in [0.05, 0.1) is 0 Å². The minimum absolute atomic E-state index is 0.776. The lowest BCUT2D eigenvalue weighted by molar-refractivity contribution is 0.167. The van der Waals surface area contributed by atoms with Crippen LogP contribution in [0, 0.1) is 5.92 Å². The topological polar surface area (TPSA) is 15.3 Å². The van der Waals surface area contributed by atoms with Crippen molar-refractivity contribution in [2.45, 2.75) is 19.4 Å². The first-order chi connectivity index (χ1) is 8.69. The van der Waals surface area contributed by atoms with E-state index in [1.54, 1.807) is 0 Å². The minimum Gasteiger partial charge on any atom is -0.319 e. The molecule has 1 aliphatic heterocycles. The lowest BCUT2D eigenvalue weighted by Gasteiger charge is -2.32. The largest absolute Gasteiger partial charge is 0.319 e. The van der Waals surface area contributed by atoms with Gasteiger partial charge in [-0.15, -0.1) is 0 Å². The van der Waals surface area contributed by atoms with Crippen LogP contribution in [-0.2, 0) is 6.54 Å². The molecule has 0 amide bonds. The van der Waals surface area contributed by atoms with Crippen molar-refractivity contribution in [3.63, 3.8) is 0 Å². The molecule has 0 radical (unpaired) electrons. The average molecular weight is 332 g/mol. The van der Waals surface area contributed by atoms with E-state index in [1.807, 2.05) is 13.1 Å². The number of piperidine rings is 1. The molecule has 2 rings (SSSR count). The summed E-state index contributed by atoms with van der Waals surface area (Å²) in [4.78, 5) is 2.51. The summed E-state index contributed by atoms with van der Waals surface area (Å²) in [5.74, 6) is 0.776. The van der Waals surface area contributed by atoms with E-state index < -0.39 is 0 Å². The second-order valence-electron chi connectivity index (χ2n) is 5.04. The van der Waals surface area contributed by atoms with Crippen molar-refractivity contribution in [3.05, 3.63) is 33.3 Å². The second kappa shape index (κ2) is 6.90. The van der Waals surface area contributed by atoms with E-state index in [0.29, 0.717) is 0 Å². The van der Waals surface area contributed by atoms with Crippen LogP contribution >= 0.6 is 27.5 Å². The van der Waals surface area contributed by atoms with E-state index >= 15 is 0 Å². The van der Waals surface area contributed by atoms with Crippen LogP contribution in [0.4, 0.5) is 0 Å². The quantitative estimate of drug-likeness (QED) is 0.908. The van der Waals surface area contributed by atoms with E-state index in [9.17, 15) is 0 Å². The highest BCUT2D eigenvalue weighted by atomic mass is 79.9. The number of rotatable bonds is 4. The number of hydrogen-bond acceptors (Lipinski definition) is 2. The van der Waals surface area contributed by atoms with Crippen molar-refractivity contribution in [2.75, 3.05) is 26.7 Å². The van der Waals surface area contributed by atoms with Crippen LogP contribution in [0.15, 0.2) is 22.7 Å². The van der Waals surface area contributed by atoms with Crippen molar-refractivity contribution < 1.29 is 0 Å². The Kier molecular flexibility index (Phi) is 5.49. The van der Waals surface area contributed by atoms with E-state index in [1.165, 1.54) is 31.5 Å². The van der Waals surface area contributed by atoms with Gasteiger partial charge in [0.25, 0.3) is 0 Å². The Balaban J connectivity index is 1.96.